The van der Waals surface area contributed by atoms with E-state index in [9.17, 15) is 28.2 Å². The van der Waals surface area contributed by atoms with Crippen LogP contribution in [0.25, 0.3) is 16.8 Å². The van der Waals surface area contributed by atoms with Gasteiger partial charge in [-0.3, -0.25) is 0 Å². The molecule has 4 rings (SSSR count). The third-order valence-electron chi connectivity index (χ3n) is 5.46. The summed E-state index contributed by atoms with van der Waals surface area (Å²) in [6, 6.07) is 14.9. The van der Waals surface area contributed by atoms with Crippen LogP contribution in [0, 0.1) is 0 Å². The molecule has 0 amide bonds. The highest BCUT2D eigenvalue weighted by Gasteiger charge is 2.33. The molecule has 0 aliphatic rings. The Bertz CT molecular complexity index is 1310. The first-order valence-corrected chi connectivity index (χ1v) is 10.4. The minimum atomic E-state index is -4.59. The molecule has 0 radical (unpaired) electrons. The Morgan fingerprint density at radius 3 is 2.42 bits per heavy atom. The van der Waals surface area contributed by atoms with Gasteiger partial charge in [0.05, 0.1) is 22.5 Å². The smallest absolute Gasteiger partial charge is 0.416 e. The number of carbonyl (C=O) groups is 1. The maximum absolute atomic E-state index is 13.5. The molecule has 4 aromatic rings. The van der Waals surface area contributed by atoms with Gasteiger partial charge in [0.25, 0.3) is 0 Å². The summed E-state index contributed by atoms with van der Waals surface area (Å²) >= 11 is 0. The number of nitrogens with zero attached hydrogens (tertiary/aromatic N) is 2. The summed E-state index contributed by atoms with van der Waals surface area (Å²) in [4.78, 5) is 15.8. The van der Waals surface area contributed by atoms with Crippen LogP contribution in [0.5, 0.6) is 0 Å². The van der Waals surface area contributed by atoms with E-state index in [0.717, 1.165) is 18.6 Å². The van der Waals surface area contributed by atoms with E-state index in [1.807, 2.05) is 6.92 Å². The number of carboxylic acid groups (broad SMARTS) is 1. The van der Waals surface area contributed by atoms with Gasteiger partial charge < -0.3 is 14.6 Å². The summed E-state index contributed by atoms with van der Waals surface area (Å²) in [5.41, 5.74) is 1.56. The number of pyridine rings is 1. The van der Waals surface area contributed by atoms with Crippen LogP contribution in [0.15, 0.2) is 66.9 Å². The number of hydrogen-bond donors (Lipinski definition) is 2. The topological polar surface area (TPSA) is 74.8 Å². The SMILES string of the molecule is CCCc1cn2c([C@H](O)c3ccc(-c4ccccc4C(=O)O)cc3)cc(C(F)(F)F)cc2n1. The van der Waals surface area contributed by atoms with Gasteiger partial charge in [-0.05, 0) is 41.3 Å². The van der Waals surface area contributed by atoms with Crippen molar-refractivity contribution in [1.29, 1.82) is 0 Å². The molecule has 0 saturated carbocycles. The Morgan fingerprint density at radius 2 is 1.79 bits per heavy atom. The van der Waals surface area contributed by atoms with Gasteiger partial charge in [0.1, 0.15) is 11.8 Å². The number of halogens is 3. The van der Waals surface area contributed by atoms with Crippen molar-refractivity contribution in [2.45, 2.75) is 32.0 Å². The number of carboxylic acids is 1. The third kappa shape index (κ3) is 4.47. The number of rotatable bonds is 6. The van der Waals surface area contributed by atoms with Gasteiger partial charge in [-0.25, -0.2) is 9.78 Å². The summed E-state index contributed by atoms with van der Waals surface area (Å²) in [5.74, 6) is -1.07. The van der Waals surface area contributed by atoms with E-state index in [1.54, 1.807) is 48.7 Å². The summed E-state index contributed by atoms with van der Waals surface area (Å²) in [6.07, 6.45) is -2.89. The molecule has 2 aromatic heterocycles. The van der Waals surface area contributed by atoms with E-state index in [1.165, 1.54) is 10.5 Å². The van der Waals surface area contributed by atoms with Crippen molar-refractivity contribution in [3.05, 3.63) is 94.9 Å². The maximum Gasteiger partial charge on any atom is 0.416 e. The summed E-state index contributed by atoms with van der Waals surface area (Å²) in [6.45, 7) is 1.95. The molecule has 2 N–H and O–H groups in total. The number of aliphatic hydroxyl groups is 1. The Labute approximate surface area is 187 Å². The summed E-state index contributed by atoms with van der Waals surface area (Å²) in [5, 5.41) is 20.4. The van der Waals surface area contributed by atoms with Crippen LogP contribution in [0.4, 0.5) is 13.2 Å². The van der Waals surface area contributed by atoms with Gasteiger partial charge in [0.15, 0.2) is 0 Å². The van der Waals surface area contributed by atoms with Gasteiger partial charge in [-0.15, -0.1) is 0 Å². The van der Waals surface area contributed by atoms with Gasteiger partial charge in [-0.2, -0.15) is 13.2 Å². The van der Waals surface area contributed by atoms with Crippen LogP contribution in [-0.4, -0.2) is 25.6 Å². The van der Waals surface area contributed by atoms with E-state index >= 15 is 0 Å². The first-order valence-electron chi connectivity index (χ1n) is 10.4. The number of imidazole rings is 1. The van der Waals surface area contributed by atoms with Crippen molar-refractivity contribution < 1.29 is 28.2 Å². The first-order chi connectivity index (χ1) is 15.7. The molecular formula is C25H21F3N2O3. The van der Waals surface area contributed by atoms with Crippen molar-refractivity contribution in [2.24, 2.45) is 0 Å². The second-order valence-corrected chi connectivity index (χ2v) is 7.75. The zero-order valence-corrected chi connectivity index (χ0v) is 17.7. The van der Waals surface area contributed by atoms with Gasteiger partial charge in [0.2, 0.25) is 0 Å². The fourth-order valence-electron chi connectivity index (χ4n) is 3.85. The standard InChI is InChI=1S/C25H21F3N2O3/c1-2-5-18-14-30-21(12-17(25(26,27)28)13-22(30)29-18)23(31)16-10-8-15(9-11-16)19-6-3-4-7-20(19)24(32)33/h3-4,6-14,23,31H,2,5H2,1H3,(H,32,33)/t23-/m1/s1. The van der Waals surface area contributed by atoms with E-state index in [2.05, 4.69) is 4.98 Å². The van der Waals surface area contributed by atoms with Gasteiger partial charge in [-0.1, -0.05) is 55.8 Å². The van der Waals surface area contributed by atoms with Crippen LogP contribution in [-0.2, 0) is 12.6 Å². The van der Waals surface area contributed by atoms with Crippen molar-refractivity contribution in [1.82, 2.24) is 9.38 Å². The highest BCUT2D eigenvalue weighted by Crippen LogP contribution is 2.34. The van der Waals surface area contributed by atoms with E-state index in [4.69, 9.17) is 0 Å². The minimum absolute atomic E-state index is 0.0494. The molecule has 1 atom stereocenters. The van der Waals surface area contributed by atoms with Crippen molar-refractivity contribution in [3.63, 3.8) is 0 Å². The zero-order chi connectivity index (χ0) is 23.8. The second-order valence-electron chi connectivity index (χ2n) is 7.75. The lowest BCUT2D eigenvalue weighted by atomic mass is 9.96. The Balaban J connectivity index is 1.77. The lowest BCUT2D eigenvalue weighted by molar-refractivity contribution is -0.137. The summed E-state index contributed by atoms with van der Waals surface area (Å²) in [7, 11) is 0. The Hall–Kier alpha value is -3.65. The molecule has 0 fully saturated rings. The van der Waals surface area contributed by atoms with Crippen LogP contribution in [0.2, 0.25) is 0 Å². The van der Waals surface area contributed by atoms with Crippen LogP contribution in [0.1, 0.15) is 52.3 Å². The number of aromatic nitrogens is 2. The molecule has 0 bridgehead atoms. The zero-order valence-electron chi connectivity index (χ0n) is 17.7. The molecular weight excluding hydrogens is 433 g/mol. The fourth-order valence-corrected chi connectivity index (χ4v) is 3.85. The van der Waals surface area contributed by atoms with Crippen molar-refractivity contribution >= 4 is 11.6 Å². The van der Waals surface area contributed by atoms with Gasteiger partial charge >= 0.3 is 12.1 Å². The van der Waals surface area contributed by atoms with Crippen molar-refractivity contribution in [2.75, 3.05) is 0 Å². The number of aliphatic hydroxyl groups excluding tert-OH is 1. The first kappa shape index (κ1) is 22.5. The third-order valence-corrected chi connectivity index (χ3v) is 5.46. The van der Waals surface area contributed by atoms with E-state index in [0.29, 0.717) is 28.8 Å². The van der Waals surface area contributed by atoms with Crippen LogP contribution >= 0.6 is 0 Å². The number of fused-ring (bicyclic) bond motifs is 1. The molecule has 0 unspecified atom stereocenters. The number of hydrogen-bond acceptors (Lipinski definition) is 3. The highest BCUT2D eigenvalue weighted by molar-refractivity contribution is 5.96. The lowest BCUT2D eigenvalue weighted by Crippen LogP contribution is -2.11. The molecule has 0 spiro atoms. The number of alkyl halides is 3. The molecule has 0 saturated heterocycles. The largest absolute Gasteiger partial charge is 0.478 e. The van der Waals surface area contributed by atoms with E-state index < -0.39 is 23.8 Å². The van der Waals surface area contributed by atoms with Crippen LogP contribution in [0.3, 0.4) is 0 Å². The van der Waals surface area contributed by atoms with Gasteiger partial charge in [0, 0.05) is 6.20 Å². The van der Waals surface area contributed by atoms with Crippen LogP contribution < -0.4 is 0 Å². The molecule has 2 aromatic carbocycles. The second kappa shape index (κ2) is 8.71. The van der Waals surface area contributed by atoms with E-state index in [-0.39, 0.29) is 16.9 Å². The Morgan fingerprint density at radius 1 is 1.09 bits per heavy atom. The van der Waals surface area contributed by atoms with Crippen molar-refractivity contribution in [3.8, 4) is 11.1 Å². The molecule has 8 heteroatoms. The maximum atomic E-state index is 13.5. The predicted octanol–water partition coefficient (Wildman–Crippen LogP) is 5.75. The fraction of sp³-hybridized carbons (Fsp3) is 0.200. The highest BCUT2D eigenvalue weighted by atomic mass is 19.4. The molecule has 2 heterocycles. The molecule has 33 heavy (non-hydrogen) atoms. The lowest BCUT2D eigenvalue weighted by Gasteiger charge is -2.17. The summed E-state index contributed by atoms with van der Waals surface area (Å²) < 4.78 is 42.0. The number of benzene rings is 2. The Kier molecular flexibility index (Phi) is 5.95. The monoisotopic (exact) mass is 454 g/mol. The molecule has 170 valence electrons. The quantitative estimate of drug-likeness (QED) is 0.389. The molecule has 0 aliphatic carbocycles. The average Bonchev–Trinajstić information content (AvgIpc) is 3.20. The minimum Gasteiger partial charge on any atom is -0.478 e. The average molecular weight is 454 g/mol. The normalized spacial score (nSPS) is 12.8. The number of aryl methyl sites for hydroxylation is 1. The number of aromatic carboxylic acids is 1. The predicted molar refractivity (Wildman–Crippen MR) is 117 cm³/mol. The molecule has 0 aliphatic heterocycles. The molecule has 5 nitrogen and oxygen atoms in total.